The van der Waals surface area contributed by atoms with Crippen molar-refractivity contribution in [3.8, 4) is 0 Å². The second-order valence-electron chi connectivity index (χ2n) is 3.15. The molecule has 72 valence electrons. The smallest absolute Gasteiger partial charge is 0.323 e. The van der Waals surface area contributed by atoms with E-state index >= 15 is 0 Å². The van der Waals surface area contributed by atoms with Gasteiger partial charge in [0, 0.05) is 14.1 Å². The van der Waals surface area contributed by atoms with Gasteiger partial charge in [0.15, 0.2) is 11.3 Å². The lowest BCUT2D eigenvalue weighted by Gasteiger charge is -2.16. The van der Waals surface area contributed by atoms with Crippen molar-refractivity contribution in [1.82, 2.24) is 15.1 Å². The van der Waals surface area contributed by atoms with Gasteiger partial charge in [-0.05, 0) is 6.26 Å². The fourth-order valence-electron chi connectivity index (χ4n) is 1.62. The van der Waals surface area contributed by atoms with Gasteiger partial charge in [-0.1, -0.05) is 11.8 Å². The zero-order valence-corrected chi connectivity index (χ0v) is 8.63. The van der Waals surface area contributed by atoms with E-state index < -0.39 is 0 Å². The fourth-order valence-corrected chi connectivity index (χ4v) is 2.07. The molecule has 1 saturated heterocycles. The molecule has 0 aromatic heterocycles. The summed E-state index contributed by atoms with van der Waals surface area (Å²) < 4.78 is 0. The Bertz CT molecular complexity index is 280. The highest BCUT2D eigenvalue weighted by atomic mass is 32.2. The number of carbonyl (C=O) groups is 1. The minimum atomic E-state index is -0.0556. The fraction of sp³-hybridized carbons (Fsp3) is 0.714. The number of nitrogens with zero attached hydrogens (tertiary/aromatic N) is 3. The minimum Gasteiger partial charge on any atom is -0.341 e. The molecule has 0 unspecified atom stereocenters. The number of rotatable bonds is 0. The number of hydrogen-bond donors (Lipinski definition) is 1. The first-order valence-electron chi connectivity index (χ1n) is 4.03. The van der Waals surface area contributed by atoms with Crippen LogP contribution in [0.15, 0.2) is 4.99 Å². The van der Waals surface area contributed by atoms with Gasteiger partial charge in [0.1, 0.15) is 6.17 Å². The van der Waals surface area contributed by atoms with E-state index in [2.05, 4.69) is 10.3 Å². The van der Waals surface area contributed by atoms with E-state index in [1.807, 2.05) is 6.26 Å². The second-order valence-corrected chi connectivity index (χ2v) is 3.94. The molecule has 6 heteroatoms. The molecular formula is C7H12N4OS. The normalized spacial score (nSPS) is 31.9. The largest absolute Gasteiger partial charge is 0.341 e. The highest BCUT2D eigenvalue weighted by Crippen LogP contribution is 2.24. The zero-order chi connectivity index (χ0) is 9.59. The van der Waals surface area contributed by atoms with Crippen molar-refractivity contribution in [3.63, 3.8) is 0 Å². The minimum absolute atomic E-state index is 0.0138. The summed E-state index contributed by atoms with van der Waals surface area (Å²) in [6.07, 6.45) is 1.93. The van der Waals surface area contributed by atoms with Gasteiger partial charge in [0.2, 0.25) is 0 Å². The van der Waals surface area contributed by atoms with Crippen molar-refractivity contribution in [2.45, 2.75) is 12.3 Å². The molecule has 5 nitrogen and oxygen atoms in total. The molecule has 0 saturated carbocycles. The van der Waals surface area contributed by atoms with Crippen molar-refractivity contribution in [2.75, 3.05) is 20.4 Å². The van der Waals surface area contributed by atoms with E-state index in [4.69, 9.17) is 0 Å². The Hall–Kier alpha value is -0.910. The second kappa shape index (κ2) is 2.80. The third-order valence-corrected chi connectivity index (χ3v) is 3.02. The summed E-state index contributed by atoms with van der Waals surface area (Å²) in [6.45, 7) is 0. The molecule has 1 fully saturated rings. The Kier molecular flexibility index (Phi) is 1.87. The number of likely N-dealkylation sites (N-methyl/N-ethyl adjacent to an activating group) is 2. The number of urea groups is 1. The van der Waals surface area contributed by atoms with Crippen LogP contribution in [0.3, 0.4) is 0 Å². The van der Waals surface area contributed by atoms with Crippen LogP contribution < -0.4 is 5.32 Å². The van der Waals surface area contributed by atoms with Crippen LogP contribution in [0.5, 0.6) is 0 Å². The third-order valence-electron chi connectivity index (χ3n) is 2.41. The number of carbonyl (C=O) groups excluding carboxylic acids is 1. The molecule has 0 aliphatic carbocycles. The molecule has 2 amide bonds. The molecular weight excluding hydrogens is 188 g/mol. The van der Waals surface area contributed by atoms with E-state index in [0.29, 0.717) is 0 Å². The molecule has 0 aromatic rings. The molecule has 2 aliphatic heterocycles. The lowest BCUT2D eigenvalue weighted by molar-refractivity contribution is 0.198. The predicted octanol–water partition coefficient (Wildman–Crippen LogP) is -0.0420. The summed E-state index contributed by atoms with van der Waals surface area (Å²) in [5.41, 5.74) is 0. The monoisotopic (exact) mass is 200 g/mol. The zero-order valence-electron chi connectivity index (χ0n) is 7.81. The number of nitrogens with one attached hydrogen (secondary N) is 1. The van der Waals surface area contributed by atoms with Crippen LogP contribution in [-0.2, 0) is 0 Å². The predicted molar refractivity (Wildman–Crippen MR) is 52.6 cm³/mol. The molecule has 0 spiro atoms. The van der Waals surface area contributed by atoms with Crippen LogP contribution >= 0.6 is 11.8 Å². The van der Waals surface area contributed by atoms with Gasteiger partial charge in [-0.2, -0.15) is 0 Å². The van der Waals surface area contributed by atoms with E-state index in [1.54, 1.807) is 35.7 Å². The summed E-state index contributed by atoms with van der Waals surface area (Å²) in [7, 11) is 3.56. The van der Waals surface area contributed by atoms with Gasteiger partial charge < -0.3 is 15.1 Å². The van der Waals surface area contributed by atoms with E-state index in [-0.39, 0.29) is 18.4 Å². The van der Waals surface area contributed by atoms with Gasteiger partial charge >= 0.3 is 6.03 Å². The summed E-state index contributed by atoms with van der Waals surface area (Å²) >= 11 is 1.57. The van der Waals surface area contributed by atoms with Crippen LogP contribution in [0.4, 0.5) is 4.79 Å². The van der Waals surface area contributed by atoms with E-state index in [1.165, 1.54) is 0 Å². The Morgan fingerprint density at radius 1 is 1.46 bits per heavy atom. The number of thioether (sulfide) groups is 1. The van der Waals surface area contributed by atoms with Crippen LogP contribution in [0.2, 0.25) is 0 Å². The highest BCUT2D eigenvalue weighted by Gasteiger charge is 2.45. The first kappa shape index (κ1) is 8.68. The standard InChI is InChI=1S/C7H12N4OS/c1-10-4-5(11(2)7(10)12)9-6(8-4)13-3/h4-5H,1-3H3,(H,8,9)/t4-,5-/m0/s1. The summed E-state index contributed by atoms with van der Waals surface area (Å²) in [6, 6.07) is 0.0198. The highest BCUT2D eigenvalue weighted by molar-refractivity contribution is 8.13. The van der Waals surface area contributed by atoms with Crippen molar-refractivity contribution >= 4 is 23.0 Å². The van der Waals surface area contributed by atoms with Gasteiger partial charge in [-0.25, -0.2) is 9.79 Å². The van der Waals surface area contributed by atoms with E-state index in [9.17, 15) is 4.79 Å². The van der Waals surface area contributed by atoms with E-state index in [0.717, 1.165) is 5.17 Å². The molecule has 2 aliphatic rings. The quantitative estimate of drug-likeness (QED) is 0.597. The molecule has 0 aromatic carbocycles. The Labute approximate surface area is 81.2 Å². The lowest BCUT2D eigenvalue weighted by Crippen LogP contribution is -2.42. The number of fused-ring (bicyclic) bond motifs is 1. The van der Waals surface area contributed by atoms with Crippen LogP contribution in [0.1, 0.15) is 0 Å². The van der Waals surface area contributed by atoms with Crippen molar-refractivity contribution in [2.24, 2.45) is 4.99 Å². The summed E-state index contributed by atoms with van der Waals surface area (Å²) in [4.78, 5) is 19.2. The Morgan fingerprint density at radius 3 is 2.69 bits per heavy atom. The maximum atomic E-state index is 11.4. The first-order valence-corrected chi connectivity index (χ1v) is 5.25. The van der Waals surface area contributed by atoms with Gasteiger partial charge in [0.25, 0.3) is 0 Å². The average Bonchev–Trinajstić information content (AvgIpc) is 2.64. The van der Waals surface area contributed by atoms with Gasteiger partial charge in [0.05, 0.1) is 0 Å². The molecule has 2 atom stereocenters. The average molecular weight is 200 g/mol. The molecule has 0 bridgehead atoms. The molecule has 0 radical (unpaired) electrons. The number of hydrogen-bond acceptors (Lipinski definition) is 4. The Balaban J connectivity index is 2.23. The van der Waals surface area contributed by atoms with Gasteiger partial charge in [-0.15, -0.1) is 0 Å². The summed E-state index contributed by atoms with van der Waals surface area (Å²) in [5, 5.41) is 4.09. The molecule has 2 heterocycles. The number of aliphatic imine (C=N–C) groups is 1. The lowest BCUT2D eigenvalue weighted by atomic mass is 10.4. The first-order chi connectivity index (χ1) is 6.15. The van der Waals surface area contributed by atoms with Crippen LogP contribution in [0, 0.1) is 0 Å². The maximum absolute atomic E-state index is 11.4. The van der Waals surface area contributed by atoms with Crippen molar-refractivity contribution < 1.29 is 4.79 Å². The maximum Gasteiger partial charge on any atom is 0.323 e. The van der Waals surface area contributed by atoms with Crippen LogP contribution in [0.25, 0.3) is 0 Å². The SMILES string of the molecule is CSC1=N[C@@H]2[C@@H](N1)N(C)C(=O)N2C. The summed E-state index contributed by atoms with van der Waals surface area (Å²) in [5.74, 6) is 0. The van der Waals surface area contributed by atoms with Crippen molar-refractivity contribution in [3.05, 3.63) is 0 Å². The molecule has 1 N–H and O–H groups in total. The Morgan fingerprint density at radius 2 is 2.15 bits per heavy atom. The third kappa shape index (κ3) is 1.08. The number of amides is 2. The van der Waals surface area contributed by atoms with Gasteiger partial charge in [-0.3, -0.25) is 0 Å². The van der Waals surface area contributed by atoms with Crippen LogP contribution in [-0.4, -0.2) is 53.7 Å². The molecule has 2 rings (SSSR count). The van der Waals surface area contributed by atoms with Crippen molar-refractivity contribution in [1.29, 1.82) is 0 Å². The number of amidine groups is 1. The topological polar surface area (TPSA) is 47.9 Å². The molecule has 13 heavy (non-hydrogen) atoms.